The fourth-order valence-electron chi connectivity index (χ4n) is 2.57. The Morgan fingerprint density at radius 2 is 1.60 bits per heavy atom. The summed E-state index contributed by atoms with van der Waals surface area (Å²) in [5.74, 6) is 0.904. The minimum absolute atomic E-state index is 0.186. The molecule has 1 amide bonds. The lowest BCUT2D eigenvalue weighted by Gasteiger charge is -2.08. The highest BCUT2D eigenvalue weighted by molar-refractivity contribution is 7.08. The van der Waals surface area contributed by atoms with E-state index >= 15 is 0 Å². The zero-order chi connectivity index (χ0) is 20.8. The molecule has 2 aromatic carbocycles. The molecule has 148 valence electrons. The van der Waals surface area contributed by atoms with E-state index in [0.717, 1.165) is 0 Å². The van der Waals surface area contributed by atoms with Gasteiger partial charge in [-0.15, -0.1) is 0 Å². The third-order valence-corrected chi connectivity index (χ3v) is 4.75. The fraction of sp³-hybridized carbons (Fsp3) is 0. The second kappa shape index (κ2) is 9.02. The first-order valence-electron chi connectivity index (χ1n) is 9.01. The maximum atomic E-state index is 12.4. The molecule has 2 heterocycles. The molecule has 0 bridgehead atoms. The van der Waals surface area contributed by atoms with Crippen LogP contribution in [0, 0.1) is 0 Å². The van der Waals surface area contributed by atoms with E-state index in [-0.39, 0.29) is 5.91 Å². The summed E-state index contributed by atoms with van der Waals surface area (Å²) < 4.78 is 11.0. The van der Waals surface area contributed by atoms with Crippen molar-refractivity contribution in [3.05, 3.63) is 101 Å². The first-order valence-corrected chi connectivity index (χ1v) is 9.95. The van der Waals surface area contributed by atoms with Gasteiger partial charge in [0.15, 0.2) is 0 Å². The van der Waals surface area contributed by atoms with E-state index in [2.05, 4.69) is 10.3 Å². The van der Waals surface area contributed by atoms with Crippen molar-refractivity contribution in [2.45, 2.75) is 0 Å². The molecule has 0 aliphatic rings. The van der Waals surface area contributed by atoms with Gasteiger partial charge in [-0.1, -0.05) is 0 Å². The number of carbonyl (C=O) groups is 2. The van der Waals surface area contributed by atoms with Crippen molar-refractivity contribution in [1.82, 2.24) is 4.98 Å². The highest BCUT2D eigenvalue weighted by Crippen LogP contribution is 2.22. The maximum Gasteiger partial charge on any atom is 0.343 e. The van der Waals surface area contributed by atoms with Gasteiger partial charge in [0.05, 0.1) is 17.3 Å². The van der Waals surface area contributed by atoms with E-state index in [0.29, 0.717) is 34.1 Å². The molecular weight excluding hydrogens is 400 g/mol. The number of hydrogen-bond donors (Lipinski definition) is 1. The molecule has 0 radical (unpaired) electrons. The Bertz CT molecular complexity index is 1130. The average Bonchev–Trinajstić information content (AvgIpc) is 3.31. The number of ether oxygens (including phenoxy) is 2. The molecule has 4 aromatic rings. The molecule has 0 unspecified atom stereocenters. The molecule has 7 heteroatoms. The smallest absolute Gasteiger partial charge is 0.343 e. The second-order valence-electron chi connectivity index (χ2n) is 6.20. The van der Waals surface area contributed by atoms with Crippen LogP contribution in [-0.4, -0.2) is 16.9 Å². The molecule has 2 aromatic heterocycles. The first-order chi connectivity index (χ1) is 14.7. The minimum atomic E-state index is -0.488. The average molecular weight is 416 g/mol. The Hall–Kier alpha value is -3.97. The van der Waals surface area contributed by atoms with Crippen LogP contribution in [0.15, 0.2) is 89.9 Å². The first kappa shape index (κ1) is 19.4. The van der Waals surface area contributed by atoms with Gasteiger partial charge in [-0.25, -0.2) is 4.79 Å². The van der Waals surface area contributed by atoms with Crippen LogP contribution < -0.4 is 14.8 Å². The summed E-state index contributed by atoms with van der Waals surface area (Å²) in [4.78, 5) is 28.4. The van der Waals surface area contributed by atoms with Crippen LogP contribution in [0.3, 0.4) is 0 Å². The number of nitrogens with one attached hydrogen (secondary N) is 1. The van der Waals surface area contributed by atoms with Crippen molar-refractivity contribution in [3.8, 4) is 17.2 Å². The van der Waals surface area contributed by atoms with E-state index in [1.54, 1.807) is 84.5 Å². The quantitative estimate of drug-likeness (QED) is 0.336. The molecule has 0 saturated carbocycles. The summed E-state index contributed by atoms with van der Waals surface area (Å²) in [6, 6.07) is 18.6. The third kappa shape index (κ3) is 4.89. The van der Waals surface area contributed by atoms with E-state index < -0.39 is 5.97 Å². The standard InChI is InChI=1S/C23H16N2O4S/c26-22(17-11-13-30-15-17)25-18-5-9-20(10-6-18)29-23(27)16-3-7-19(8-4-16)28-21-2-1-12-24-14-21/h1-15H,(H,25,26). The van der Waals surface area contributed by atoms with Crippen molar-refractivity contribution in [2.75, 3.05) is 5.32 Å². The largest absolute Gasteiger partial charge is 0.456 e. The number of pyridine rings is 1. The third-order valence-electron chi connectivity index (χ3n) is 4.07. The van der Waals surface area contributed by atoms with Gasteiger partial charge in [0.25, 0.3) is 5.91 Å². The normalized spacial score (nSPS) is 10.3. The Balaban J connectivity index is 1.34. The van der Waals surface area contributed by atoms with E-state index in [1.165, 1.54) is 11.3 Å². The lowest BCUT2D eigenvalue weighted by molar-refractivity contribution is 0.0734. The number of nitrogens with zero attached hydrogens (tertiary/aromatic N) is 1. The highest BCUT2D eigenvalue weighted by Gasteiger charge is 2.10. The van der Waals surface area contributed by atoms with Crippen LogP contribution in [0.2, 0.25) is 0 Å². The Morgan fingerprint density at radius 1 is 0.833 bits per heavy atom. The zero-order valence-electron chi connectivity index (χ0n) is 15.6. The van der Waals surface area contributed by atoms with Crippen LogP contribution in [0.1, 0.15) is 20.7 Å². The molecule has 6 nitrogen and oxygen atoms in total. The number of esters is 1. The number of aromatic nitrogens is 1. The van der Waals surface area contributed by atoms with Crippen LogP contribution >= 0.6 is 11.3 Å². The molecule has 1 N–H and O–H groups in total. The summed E-state index contributed by atoms with van der Waals surface area (Å²) in [5.41, 5.74) is 1.61. The molecule has 0 saturated heterocycles. The van der Waals surface area contributed by atoms with Gasteiger partial charge in [-0.2, -0.15) is 11.3 Å². The number of benzene rings is 2. The maximum absolute atomic E-state index is 12.4. The summed E-state index contributed by atoms with van der Waals surface area (Å²) in [5, 5.41) is 6.41. The molecule has 0 aliphatic carbocycles. The molecule has 4 rings (SSSR count). The number of thiophene rings is 1. The molecule has 0 fully saturated rings. The number of rotatable bonds is 6. The van der Waals surface area contributed by atoms with Crippen molar-refractivity contribution in [3.63, 3.8) is 0 Å². The van der Waals surface area contributed by atoms with Gasteiger partial charge in [0.1, 0.15) is 17.2 Å². The fourth-order valence-corrected chi connectivity index (χ4v) is 3.21. The number of amides is 1. The van der Waals surface area contributed by atoms with Gasteiger partial charge in [0.2, 0.25) is 0 Å². The van der Waals surface area contributed by atoms with Gasteiger partial charge in [-0.3, -0.25) is 9.78 Å². The van der Waals surface area contributed by atoms with E-state index in [4.69, 9.17) is 9.47 Å². The molecule has 0 spiro atoms. The SMILES string of the molecule is O=C(Nc1ccc(OC(=O)c2ccc(Oc3cccnc3)cc2)cc1)c1ccsc1. The zero-order valence-corrected chi connectivity index (χ0v) is 16.5. The Labute approximate surface area is 176 Å². The van der Waals surface area contributed by atoms with E-state index in [9.17, 15) is 9.59 Å². The molecule has 30 heavy (non-hydrogen) atoms. The molecule has 0 aliphatic heterocycles. The van der Waals surface area contributed by atoms with Gasteiger partial charge < -0.3 is 14.8 Å². The van der Waals surface area contributed by atoms with Crippen molar-refractivity contribution in [2.24, 2.45) is 0 Å². The topological polar surface area (TPSA) is 77.5 Å². The summed E-state index contributed by atoms with van der Waals surface area (Å²) in [6.45, 7) is 0. The van der Waals surface area contributed by atoms with E-state index in [1.807, 2.05) is 5.38 Å². The second-order valence-corrected chi connectivity index (χ2v) is 6.98. The van der Waals surface area contributed by atoms with Crippen LogP contribution in [0.25, 0.3) is 0 Å². The van der Waals surface area contributed by atoms with Gasteiger partial charge in [0, 0.05) is 17.3 Å². The predicted molar refractivity (Wildman–Crippen MR) is 114 cm³/mol. The Kier molecular flexibility index (Phi) is 5.82. The van der Waals surface area contributed by atoms with Crippen molar-refractivity contribution < 1.29 is 19.1 Å². The lowest BCUT2D eigenvalue weighted by atomic mass is 10.2. The number of hydrogen-bond acceptors (Lipinski definition) is 6. The highest BCUT2D eigenvalue weighted by atomic mass is 32.1. The van der Waals surface area contributed by atoms with Crippen molar-refractivity contribution in [1.29, 1.82) is 0 Å². The van der Waals surface area contributed by atoms with Crippen LogP contribution in [0.5, 0.6) is 17.2 Å². The lowest BCUT2D eigenvalue weighted by Crippen LogP contribution is -2.11. The molecular formula is C23H16N2O4S. The summed E-state index contributed by atoms with van der Waals surface area (Å²) >= 11 is 1.46. The monoisotopic (exact) mass is 416 g/mol. The number of carbonyl (C=O) groups excluding carboxylic acids is 2. The molecule has 0 atom stereocenters. The minimum Gasteiger partial charge on any atom is -0.456 e. The van der Waals surface area contributed by atoms with Crippen LogP contribution in [-0.2, 0) is 0 Å². The Morgan fingerprint density at radius 3 is 2.27 bits per heavy atom. The van der Waals surface area contributed by atoms with Gasteiger partial charge >= 0.3 is 5.97 Å². The summed E-state index contributed by atoms with van der Waals surface area (Å²) in [7, 11) is 0. The number of anilines is 1. The van der Waals surface area contributed by atoms with Crippen LogP contribution in [0.4, 0.5) is 5.69 Å². The predicted octanol–water partition coefficient (Wildman–Crippen LogP) is 5.41. The van der Waals surface area contributed by atoms with Crippen molar-refractivity contribution >= 4 is 28.9 Å². The van der Waals surface area contributed by atoms with Gasteiger partial charge in [-0.05, 0) is 72.1 Å². The summed E-state index contributed by atoms with van der Waals surface area (Å²) in [6.07, 6.45) is 3.27.